The molecule has 2 aliphatic rings. The zero-order valence-electron chi connectivity index (χ0n) is 12.5. The number of carbonyl (C=O) groups excluding carboxylic acids is 1. The van der Waals surface area contributed by atoms with E-state index in [1.807, 2.05) is 31.2 Å². The number of fused-ring (bicyclic) bond motifs is 1. The van der Waals surface area contributed by atoms with Crippen LogP contribution in [0.25, 0.3) is 6.08 Å². The highest BCUT2D eigenvalue weighted by atomic mass is 32.2. The number of aliphatic imine (C=N–C) groups is 1. The Morgan fingerprint density at radius 3 is 2.95 bits per heavy atom. The summed E-state index contributed by atoms with van der Waals surface area (Å²) in [6.45, 7) is 4.06. The van der Waals surface area contributed by atoms with Gasteiger partial charge in [0.25, 0.3) is 5.91 Å². The van der Waals surface area contributed by atoms with Crippen LogP contribution in [0.3, 0.4) is 0 Å². The second-order valence-corrected chi connectivity index (χ2v) is 6.22. The Morgan fingerprint density at radius 2 is 2.23 bits per heavy atom. The Kier molecular flexibility index (Phi) is 3.94. The average Bonchev–Trinajstić information content (AvgIpc) is 2.87. The summed E-state index contributed by atoms with van der Waals surface area (Å²) >= 11 is 1.37. The van der Waals surface area contributed by atoms with E-state index in [-0.39, 0.29) is 17.3 Å². The Morgan fingerprint density at radius 1 is 1.41 bits per heavy atom. The molecule has 1 aromatic carbocycles. The van der Waals surface area contributed by atoms with Gasteiger partial charge in [0.2, 0.25) is 5.17 Å². The molecule has 22 heavy (non-hydrogen) atoms. The van der Waals surface area contributed by atoms with E-state index in [1.54, 1.807) is 6.08 Å². The zero-order chi connectivity index (χ0) is 15.7. The molecule has 0 unspecified atom stereocenters. The van der Waals surface area contributed by atoms with Crippen LogP contribution in [-0.2, 0) is 4.79 Å². The summed E-state index contributed by atoms with van der Waals surface area (Å²) in [7, 11) is 0. The van der Waals surface area contributed by atoms with Crippen LogP contribution >= 0.6 is 11.8 Å². The van der Waals surface area contributed by atoms with E-state index in [4.69, 9.17) is 5.41 Å². The van der Waals surface area contributed by atoms with E-state index >= 15 is 0 Å². The lowest BCUT2D eigenvalue weighted by Crippen LogP contribution is -2.35. The smallest absolute Gasteiger partial charge is 0.282 e. The van der Waals surface area contributed by atoms with Gasteiger partial charge >= 0.3 is 0 Å². The molecule has 0 spiro atoms. The molecule has 1 N–H and O–H groups in total. The fraction of sp³-hybridized carbons (Fsp3) is 0.250. The lowest BCUT2D eigenvalue weighted by Gasteiger charge is -2.20. The van der Waals surface area contributed by atoms with Gasteiger partial charge in [0.05, 0.1) is 5.57 Å². The van der Waals surface area contributed by atoms with Gasteiger partial charge in [0.15, 0.2) is 5.84 Å². The highest BCUT2D eigenvalue weighted by Gasteiger charge is 2.35. The van der Waals surface area contributed by atoms with Gasteiger partial charge in [-0.25, -0.2) is 0 Å². The number of nitrogens with one attached hydrogen (secondary N) is 1. The third-order valence-electron chi connectivity index (χ3n) is 3.31. The zero-order valence-corrected chi connectivity index (χ0v) is 13.3. The number of hydrogen-bond donors (Lipinski definition) is 1. The van der Waals surface area contributed by atoms with Crippen LogP contribution in [0, 0.1) is 12.3 Å². The molecule has 0 saturated heterocycles. The molecule has 6 heteroatoms. The van der Waals surface area contributed by atoms with Crippen molar-refractivity contribution in [2.45, 2.75) is 26.7 Å². The van der Waals surface area contributed by atoms with Crippen LogP contribution in [0.5, 0.6) is 0 Å². The molecule has 5 nitrogen and oxygen atoms in total. The number of thioether (sulfide) groups is 1. The highest BCUT2D eigenvalue weighted by molar-refractivity contribution is 8.26. The first kappa shape index (κ1) is 14.7. The minimum absolute atomic E-state index is 0.0927. The topological polar surface area (TPSA) is 68.9 Å². The van der Waals surface area contributed by atoms with Crippen LogP contribution in [0.4, 0.5) is 0 Å². The number of nitrogens with zero attached hydrogens (tertiary/aromatic N) is 3. The van der Waals surface area contributed by atoms with Crippen molar-refractivity contribution in [3.63, 3.8) is 0 Å². The van der Waals surface area contributed by atoms with Crippen molar-refractivity contribution >= 4 is 39.8 Å². The molecule has 0 bridgehead atoms. The Balaban J connectivity index is 1.95. The minimum Gasteiger partial charge on any atom is -0.282 e. The second kappa shape index (κ2) is 5.88. The van der Waals surface area contributed by atoms with Crippen molar-refractivity contribution in [2.75, 3.05) is 0 Å². The van der Waals surface area contributed by atoms with Crippen LogP contribution in [0.1, 0.15) is 30.9 Å². The molecule has 0 atom stereocenters. The van der Waals surface area contributed by atoms with E-state index in [1.165, 1.54) is 16.8 Å². The molecule has 0 aliphatic carbocycles. The average molecular weight is 312 g/mol. The quantitative estimate of drug-likeness (QED) is 0.870. The summed E-state index contributed by atoms with van der Waals surface area (Å²) in [5.74, 6) is -0.284. The minimum atomic E-state index is -0.377. The molecule has 2 aliphatic heterocycles. The van der Waals surface area contributed by atoms with Gasteiger partial charge < -0.3 is 0 Å². The first-order valence-electron chi connectivity index (χ1n) is 7.14. The molecule has 1 amide bonds. The van der Waals surface area contributed by atoms with Crippen molar-refractivity contribution in [3.8, 4) is 0 Å². The lowest BCUT2D eigenvalue weighted by atomic mass is 10.1. The molecule has 0 radical (unpaired) electrons. The number of hydrogen-bond acceptors (Lipinski definition) is 4. The summed E-state index contributed by atoms with van der Waals surface area (Å²) in [5, 5.41) is 15.5. The summed E-state index contributed by atoms with van der Waals surface area (Å²) in [4.78, 5) is 16.3. The summed E-state index contributed by atoms with van der Waals surface area (Å²) in [5.41, 5.74) is 2.26. The van der Waals surface area contributed by atoms with Gasteiger partial charge in [0, 0.05) is 0 Å². The SMILES string of the molecule is CCCC1=NN2C(=N)/C(=C/c3cccc(C)c3)C(=O)N=C2S1. The van der Waals surface area contributed by atoms with Crippen molar-refractivity contribution in [3.05, 3.63) is 41.0 Å². The van der Waals surface area contributed by atoms with Gasteiger partial charge in [-0.3, -0.25) is 10.2 Å². The van der Waals surface area contributed by atoms with Crippen molar-refractivity contribution in [1.82, 2.24) is 5.01 Å². The maximum absolute atomic E-state index is 12.2. The molecule has 0 saturated carbocycles. The molecule has 0 fully saturated rings. The number of benzene rings is 1. The third-order valence-corrected chi connectivity index (χ3v) is 4.28. The van der Waals surface area contributed by atoms with Crippen LogP contribution in [0.15, 0.2) is 39.9 Å². The van der Waals surface area contributed by atoms with E-state index in [2.05, 4.69) is 17.0 Å². The van der Waals surface area contributed by atoms with Gasteiger partial charge in [-0.15, -0.1) is 0 Å². The Hall–Kier alpha value is -2.21. The fourth-order valence-corrected chi connectivity index (χ4v) is 3.26. The van der Waals surface area contributed by atoms with Crippen LogP contribution in [-0.4, -0.2) is 27.0 Å². The van der Waals surface area contributed by atoms with Gasteiger partial charge in [0.1, 0.15) is 5.04 Å². The van der Waals surface area contributed by atoms with Gasteiger partial charge in [-0.1, -0.05) is 36.8 Å². The molecular weight excluding hydrogens is 296 g/mol. The van der Waals surface area contributed by atoms with E-state index < -0.39 is 0 Å². The van der Waals surface area contributed by atoms with E-state index in [0.717, 1.165) is 29.0 Å². The van der Waals surface area contributed by atoms with Crippen molar-refractivity contribution in [2.24, 2.45) is 10.1 Å². The van der Waals surface area contributed by atoms with E-state index in [0.29, 0.717) is 5.17 Å². The standard InChI is InChI=1S/C16H16N4OS/c1-3-5-13-19-20-14(17)12(15(21)18-16(20)22-13)9-11-7-4-6-10(2)8-11/h4,6-9,17H,3,5H2,1-2H3/b12-9-,17-14?. The highest BCUT2D eigenvalue weighted by Crippen LogP contribution is 2.29. The maximum Gasteiger partial charge on any atom is 0.283 e. The van der Waals surface area contributed by atoms with Gasteiger partial charge in [-0.05, 0) is 43.2 Å². The number of amides is 1. The number of aryl methyl sites for hydroxylation is 1. The van der Waals surface area contributed by atoms with Crippen molar-refractivity contribution < 1.29 is 4.79 Å². The van der Waals surface area contributed by atoms with Crippen molar-refractivity contribution in [1.29, 1.82) is 5.41 Å². The molecule has 3 rings (SSSR count). The molecule has 2 heterocycles. The van der Waals surface area contributed by atoms with Gasteiger partial charge in [-0.2, -0.15) is 15.1 Å². The fourth-order valence-electron chi connectivity index (χ4n) is 2.27. The van der Waals surface area contributed by atoms with Crippen LogP contribution < -0.4 is 0 Å². The predicted molar refractivity (Wildman–Crippen MR) is 91.1 cm³/mol. The monoisotopic (exact) mass is 312 g/mol. The number of rotatable bonds is 3. The molecular formula is C16H16N4OS. The predicted octanol–water partition coefficient (Wildman–Crippen LogP) is 3.41. The third kappa shape index (κ3) is 2.74. The summed E-state index contributed by atoms with van der Waals surface area (Å²) in [6.07, 6.45) is 3.51. The first-order valence-corrected chi connectivity index (χ1v) is 7.96. The normalized spacial score (nSPS) is 19.4. The summed E-state index contributed by atoms with van der Waals surface area (Å²) < 4.78 is 0. The number of amidine groups is 2. The number of carbonyl (C=O) groups is 1. The van der Waals surface area contributed by atoms with Crippen LogP contribution in [0.2, 0.25) is 0 Å². The molecule has 1 aromatic rings. The Labute approximate surface area is 133 Å². The largest absolute Gasteiger partial charge is 0.283 e. The lowest BCUT2D eigenvalue weighted by molar-refractivity contribution is -0.114. The first-order chi connectivity index (χ1) is 10.6. The van der Waals surface area contributed by atoms with E-state index in [9.17, 15) is 4.79 Å². The molecule has 112 valence electrons. The summed E-state index contributed by atoms with van der Waals surface area (Å²) in [6, 6.07) is 7.79. The number of hydrazone groups is 1. The molecule has 0 aromatic heterocycles. The maximum atomic E-state index is 12.2. The second-order valence-electron chi connectivity index (χ2n) is 5.18. The Bertz CT molecular complexity index is 748.